The Morgan fingerprint density at radius 1 is 1.00 bits per heavy atom. The Kier molecular flexibility index (Phi) is 6.04. The topological polar surface area (TPSA) is 83.7 Å². The molecule has 0 aliphatic heterocycles. The molecule has 2 N–H and O–H groups in total. The lowest BCUT2D eigenvalue weighted by Gasteiger charge is -2.13. The zero-order valence-corrected chi connectivity index (χ0v) is 18.9. The average Bonchev–Trinajstić information content (AvgIpc) is 3.11. The number of carbonyl (C=O) groups excluding carboxylic acids is 2. The zero-order valence-electron chi connectivity index (χ0n) is 17.3. The molecule has 1 aliphatic carbocycles. The normalized spacial score (nSPS) is 14.2. The maximum absolute atomic E-state index is 12.9. The third-order valence-electron chi connectivity index (χ3n) is 5.26. The van der Waals surface area contributed by atoms with Crippen LogP contribution in [0.5, 0.6) is 0 Å². The van der Waals surface area contributed by atoms with Crippen LogP contribution >= 0.6 is 15.9 Å². The van der Waals surface area contributed by atoms with Crippen LogP contribution in [-0.2, 0) is 6.42 Å². The van der Waals surface area contributed by atoms with Crippen LogP contribution in [0.2, 0.25) is 0 Å². The number of hydrazone groups is 1. The van der Waals surface area contributed by atoms with Gasteiger partial charge in [-0.15, -0.1) is 0 Å². The van der Waals surface area contributed by atoms with Crippen LogP contribution in [0.25, 0.3) is 0 Å². The summed E-state index contributed by atoms with van der Waals surface area (Å²) < 4.78 is 6.71. The SMILES string of the molecule is Cc1ccc(C(=O)N/N=C2\CCCc3oc(C(=O)Nc4ccccc4Br)c(C)c32)cc1. The van der Waals surface area contributed by atoms with E-state index in [2.05, 4.69) is 31.8 Å². The highest BCUT2D eigenvalue weighted by molar-refractivity contribution is 9.10. The first-order valence-corrected chi connectivity index (χ1v) is 10.9. The van der Waals surface area contributed by atoms with E-state index in [1.807, 2.05) is 50.2 Å². The quantitative estimate of drug-likeness (QED) is 0.492. The van der Waals surface area contributed by atoms with Crippen molar-refractivity contribution in [1.29, 1.82) is 0 Å². The van der Waals surface area contributed by atoms with Gasteiger partial charge in [0.25, 0.3) is 11.8 Å². The third kappa shape index (κ3) is 4.46. The Balaban J connectivity index is 1.57. The molecule has 0 saturated carbocycles. The number of amides is 2. The number of carbonyl (C=O) groups is 2. The third-order valence-corrected chi connectivity index (χ3v) is 5.95. The molecule has 158 valence electrons. The Morgan fingerprint density at radius 2 is 1.74 bits per heavy atom. The molecule has 0 fully saturated rings. The molecule has 0 radical (unpaired) electrons. The van der Waals surface area contributed by atoms with Gasteiger partial charge in [-0.3, -0.25) is 9.59 Å². The Labute approximate surface area is 188 Å². The molecule has 6 nitrogen and oxygen atoms in total. The van der Waals surface area contributed by atoms with Crippen molar-refractivity contribution in [2.45, 2.75) is 33.1 Å². The van der Waals surface area contributed by atoms with Gasteiger partial charge in [0.1, 0.15) is 5.76 Å². The molecule has 31 heavy (non-hydrogen) atoms. The number of benzene rings is 2. The molecule has 0 spiro atoms. The summed E-state index contributed by atoms with van der Waals surface area (Å²) in [5, 5.41) is 7.25. The molecular weight excluding hydrogens is 458 g/mol. The van der Waals surface area contributed by atoms with Gasteiger partial charge in [0, 0.05) is 27.6 Å². The number of halogens is 1. The first-order valence-electron chi connectivity index (χ1n) is 10.1. The summed E-state index contributed by atoms with van der Waals surface area (Å²) in [6.07, 6.45) is 2.26. The van der Waals surface area contributed by atoms with Crippen molar-refractivity contribution in [2.24, 2.45) is 5.10 Å². The molecule has 0 bridgehead atoms. The molecule has 0 atom stereocenters. The predicted molar refractivity (Wildman–Crippen MR) is 124 cm³/mol. The van der Waals surface area contributed by atoms with Crippen molar-refractivity contribution in [1.82, 2.24) is 5.43 Å². The monoisotopic (exact) mass is 479 g/mol. The Hall–Kier alpha value is -3.19. The van der Waals surface area contributed by atoms with Crippen molar-refractivity contribution < 1.29 is 14.0 Å². The molecule has 3 aromatic rings. The summed E-state index contributed by atoms with van der Waals surface area (Å²) in [6, 6.07) is 14.7. The number of hydrogen-bond acceptors (Lipinski definition) is 4. The highest BCUT2D eigenvalue weighted by atomic mass is 79.9. The molecule has 4 rings (SSSR count). The van der Waals surface area contributed by atoms with E-state index in [9.17, 15) is 9.59 Å². The first-order chi connectivity index (χ1) is 14.9. The lowest BCUT2D eigenvalue weighted by Crippen LogP contribution is -2.22. The standard InChI is InChI=1S/C24H22BrN3O3/c1-14-10-12-16(13-11-14)23(29)28-27-19-8-5-9-20-21(19)15(2)22(31-20)24(30)26-18-7-4-3-6-17(18)25/h3-4,6-7,10-13H,5,8-9H2,1-2H3,(H,26,30)(H,28,29)/b27-19+. The van der Waals surface area contributed by atoms with Gasteiger partial charge in [0.2, 0.25) is 0 Å². The number of aryl methyl sites for hydroxylation is 2. The van der Waals surface area contributed by atoms with E-state index in [1.165, 1.54) is 0 Å². The minimum absolute atomic E-state index is 0.264. The highest BCUT2D eigenvalue weighted by Crippen LogP contribution is 2.31. The second-order valence-electron chi connectivity index (χ2n) is 7.51. The van der Waals surface area contributed by atoms with Crippen LogP contribution in [0.4, 0.5) is 5.69 Å². The van der Waals surface area contributed by atoms with Gasteiger partial charge in [0.15, 0.2) is 5.76 Å². The fourth-order valence-corrected chi connectivity index (χ4v) is 4.01. The lowest BCUT2D eigenvalue weighted by atomic mass is 9.93. The lowest BCUT2D eigenvalue weighted by molar-refractivity contribution is 0.0953. The second kappa shape index (κ2) is 8.89. The molecule has 0 saturated heterocycles. The predicted octanol–water partition coefficient (Wildman–Crippen LogP) is 5.38. The zero-order chi connectivity index (χ0) is 22.0. The van der Waals surface area contributed by atoms with Gasteiger partial charge in [-0.2, -0.15) is 5.10 Å². The van der Waals surface area contributed by atoms with E-state index in [0.29, 0.717) is 17.7 Å². The van der Waals surface area contributed by atoms with Crippen LogP contribution < -0.4 is 10.7 Å². The molecule has 2 amide bonds. The van der Waals surface area contributed by atoms with Gasteiger partial charge in [-0.05, 0) is 66.9 Å². The van der Waals surface area contributed by atoms with E-state index in [1.54, 1.807) is 12.1 Å². The second-order valence-corrected chi connectivity index (χ2v) is 8.36. The van der Waals surface area contributed by atoms with E-state index in [-0.39, 0.29) is 17.6 Å². The molecule has 1 heterocycles. The largest absolute Gasteiger partial charge is 0.455 e. The van der Waals surface area contributed by atoms with Gasteiger partial charge in [-0.25, -0.2) is 5.43 Å². The smallest absolute Gasteiger partial charge is 0.291 e. The Bertz CT molecular complexity index is 1180. The van der Waals surface area contributed by atoms with Gasteiger partial charge < -0.3 is 9.73 Å². The van der Waals surface area contributed by atoms with Crippen molar-refractivity contribution in [3.63, 3.8) is 0 Å². The molecule has 0 unspecified atom stereocenters. The van der Waals surface area contributed by atoms with Gasteiger partial charge >= 0.3 is 0 Å². The minimum Gasteiger partial charge on any atom is -0.455 e. The van der Waals surface area contributed by atoms with Crippen LogP contribution in [0, 0.1) is 13.8 Å². The number of para-hydroxylation sites is 1. The minimum atomic E-state index is -0.318. The number of hydrogen-bond donors (Lipinski definition) is 2. The number of rotatable bonds is 4. The fraction of sp³-hybridized carbons (Fsp3) is 0.208. The van der Waals surface area contributed by atoms with E-state index in [0.717, 1.165) is 45.5 Å². The Morgan fingerprint density at radius 3 is 2.48 bits per heavy atom. The molecular formula is C24H22BrN3O3. The fourth-order valence-electron chi connectivity index (χ4n) is 3.63. The summed E-state index contributed by atoms with van der Waals surface area (Å²) in [4.78, 5) is 25.3. The summed E-state index contributed by atoms with van der Waals surface area (Å²) in [6.45, 7) is 3.82. The van der Waals surface area contributed by atoms with Gasteiger partial charge in [0.05, 0.1) is 11.4 Å². The van der Waals surface area contributed by atoms with Crippen molar-refractivity contribution in [3.8, 4) is 0 Å². The van der Waals surface area contributed by atoms with Crippen LogP contribution in [0.1, 0.15) is 56.2 Å². The number of nitrogens with one attached hydrogen (secondary N) is 2. The average molecular weight is 480 g/mol. The first kappa shape index (κ1) is 21.1. The number of fused-ring (bicyclic) bond motifs is 1. The number of furan rings is 1. The molecule has 7 heteroatoms. The van der Waals surface area contributed by atoms with Crippen molar-refractivity contribution >= 4 is 39.1 Å². The van der Waals surface area contributed by atoms with Crippen LogP contribution in [-0.4, -0.2) is 17.5 Å². The van der Waals surface area contributed by atoms with Crippen LogP contribution in [0.3, 0.4) is 0 Å². The summed E-state index contributed by atoms with van der Waals surface area (Å²) in [7, 11) is 0. The van der Waals surface area contributed by atoms with E-state index < -0.39 is 0 Å². The molecule has 2 aromatic carbocycles. The van der Waals surface area contributed by atoms with Crippen molar-refractivity contribution in [2.75, 3.05) is 5.32 Å². The highest BCUT2D eigenvalue weighted by Gasteiger charge is 2.28. The van der Waals surface area contributed by atoms with Crippen molar-refractivity contribution in [3.05, 3.63) is 86.8 Å². The summed E-state index contributed by atoms with van der Waals surface area (Å²) >= 11 is 3.43. The maximum Gasteiger partial charge on any atom is 0.291 e. The summed E-state index contributed by atoms with van der Waals surface area (Å²) in [5.41, 5.74) is 7.20. The number of anilines is 1. The van der Waals surface area contributed by atoms with E-state index in [4.69, 9.17) is 4.42 Å². The maximum atomic E-state index is 12.9. The molecule has 1 aromatic heterocycles. The van der Waals surface area contributed by atoms with Crippen LogP contribution in [0.15, 0.2) is 62.5 Å². The summed E-state index contributed by atoms with van der Waals surface area (Å²) in [5.74, 6) is 0.402. The molecule has 1 aliphatic rings. The van der Waals surface area contributed by atoms with Gasteiger partial charge in [-0.1, -0.05) is 29.8 Å². The number of nitrogens with zero attached hydrogens (tertiary/aromatic N) is 1. The van der Waals surface area contributed by atoms with E-state index >= 15 is 0 Å².